The first-order valence-corrected chi connectivity index (χ1v) is 16.3. The number of rotatable bonds is 6. The van der Waals surface area contributed by atoms with Gasteiger partial charge in [0.25, 0.3) is 0 Å². The molecule has 0 radical (unpaired) electrons. The van der Waals surface area contributed by atoms with Crippen LogP contribution in [0.15, 0.2) is 170 Å². The van der Waals surface area contributed by atoms with Gasteiger partial charge >= 0.3 is 0 Å². The zero-order valence-electron chi connectivity index (χ0n) is 26.7. The number of hydrogen-bond donors (Lipinski definition) is 0. The van der Waals surface area contributed by atoms with Gasteiger partial charge in [-0.2, -0.15) is 0 Å². The van der Waals surface area contributed by atoms with Gasteiger partial charge in [0, 0.05) is 33.6 Å². The van der Waals surface area contributed by atoms with Crippen molar-refractivity contribution in [3.63, 3.8) is 0 Å². The summed E-state index contributed by atoms with van der Waals surface area (Å²) in [4.78, 5) is 32.2. The first kappa shape index (κ1) is 29.2. The van der Waals surface area contributed by atoms with Gasteiger partial charge in [0.2, 0.25) is 0 Å². The van der Waals surface area contributed by atoms with Gasteiger partial charge in [-0.1, -0.05) is 91.0 Å². The maximum absolute atomic E-state index is 14.0. The summed E-state index contributed by atoms with van der Waals surface area (Å²) in [7, 11) is 0. The Balaban J connectivity index is 1.03. The van der Waals surface area contributed by atoms with E-state index in [0.29, 0.717) is 22.3 Å². The molecule has 0 saturated heterocycles. The highest BCUT2D eigenvalue weighted by Crippen LogP contribution is 2.51. The van der Waals surface area contributed by atoms with Gasteiger partial charge < -0.3 is 19.3 Å². The molecule has 2 heterocycles. The van der Waals surface area contributed by atoms with E-state index in [4.69, 9.17) is 9.47 Å². The zero-order chi connectivity index (χ0) is 33.6. The van der Waals surface area contributed by atoms with Crippen LogP contribution >= 0.6 is 0 Å². The molecule has 0 aromatic heterocycles. The molecule has 0 spiro atoms. The molecular formula is C44H28N2O4. The van der Waals surface area contributed by atoms with Crippen LogP contribution in [0.4, 0.5) is 34.1 Å². The number of nitrogens with zero attached hydrogens (tertiary/aromatic N) is 2. The van der Waals surface area contributed by atoms with E-state index in [-0.39, 0.29) is 11.6 Å². The molecule has 0 unspecified atom stereocenters. The molecule has 6 nitrogen and oxygen atoms in total. The van der Waals surface area contributed by atoms with Crippen LogP contribution < -0.4 is 19.3 Å². The molecule has 0 saturated carbocycles. The number of benzene rings is 7. The Kier molecular flexibility index (Phi) is 6.99. The van der Waals surface area contributed by atoms with Crippen molar-refractivity contribution in [2.24, 2.45) is 0 Å². The summed E-state index contributed by atoms with van der Waals surface area (Å²) in [5.74, 6) is 2.60. The lowest BCUT2D eigenvalue weighted by atomic mass is 9.96. The molecule has 2 aliphatic rings. The van der Waals surface area contributed by atoms with Crippen LogP contribution in [0.2, 0.25) is 0 Å². The Hall–Kier alpha value is -6.92. The molecule has 0 atom stereocenters. The Bertz CT molecular complexity index is 2210. The van der Waals surface area contributed by atoms with Crippen molar-refractivity contribution >= 4 is 45.7 Å². The van der Waals surface area contributed by atoms with E-state index in [1.807, 2.05) is 133 Å². The number of hydrogen-bond acceptors (Lipinski definition) is 6. The Morgan fingerprint density at radius 1 is 0.340 bits per heavy atom. The van der Waals surface area contributed by atoms with Crippen molar-refractivity contribution in [2.45, 2.75) is 0 Å². The van der Waals surface area contributed by atoms with Gasteiger partial charge in [0.05, 0.1) is 22.7 Å². The molecule has 6 heteroatoms. The largest absolute Gasteiger partial charge is 0.453 e. The van der Waals surface area contributed by atoms with Crippen molar-refractivity contribution in [3.05, 3.63) is 192 Å². The average Bonchev–Trinajstić information content (AvgIpc) is 3.18. The van der Waals surface area contributed by atoms with Gasteiger partial charge in [-0.05, 0) is 78.9 Å². The number of carbonyl (C=O) groups is 2. The standard InChI is InChI=1S/C44H28N2O4/c47-43(31-14-10-16-33(27-31)45-35-18-1-5-22-39(35)49-40-23-6-2-19-36(40)45)29-12-9-13-30(26-29)44(48)32-15-11-17-34(28-32)46-37-20-3-7-24-41(37)50-42-25-8-4-21-38(42)46/h1-28H. The predicted octanol–water partition coefficient (Wildman–Crippen LogP) is 11.3. The van der Waals surface area contributed by atoms with Crippen LogP contribution in [-0.4, -0.2) is 11.6 Å². The highest BCUT2D eigenvalue weighted by Gasteiger charge is 2.27. The Morgan fingerprint density at radius 3 is 1.00 bits per heavy atom. The van der Waals surface area contributed by atoms with Crippen molar-refractivity contribution in [1.82, 2.24) is 0 Å². The normalized spacial score (nSPS) is 12.4. The molecule has 2 aliphatic heterocycles. The third-order valence-corrected chi connectivity index (χ3v) is 8.98. The molecule has 0 bridgehead atoms. The monoisotopic (exact) mass is 648 g/mol. The van der Waals surface area contributed by atoms with Crippen molar-refractivity contribution in [2.75, 3.05) is 9.80 Å². The van der Waals surface area contributed by atoms with Crippen molar-refractivity contribution in [3.8, 4) is 23.0 Å². The van der Waals surface area contributed by atoms with Gasteiger partial charge in [-0.25, -0.2) is 0 Å². The lowest BCUT2D eigenvalue weighted by molar-refractivity contribution is 0.103. The molecule has 0 aliphatic carbocycles. The molecule has 50 heavy (non-hydrogen) atoms. The van der Waals surface area contributed by atoms with Crippen LogP contribution in [-0.2, 0) is 0 Å². The van der Waals surface area contributed by atoms with E-state index in [9.17, 15) is 9.59 Å². The minimum Gasteiger partial charge on any atom is -0.453 e. The second kappa shape index (κ2) is 12.0. The molecule has 7 aromatic rings. The van der Waals surface area contributed by atoms with Gasteiger partial charge in [-0.15, -0.1) is 0 Å². The lowest BCUT2D eigenvalue weighted by Gasteiger charge is -2.32. The van der Waals surface area contributed by atoms with E-state index in [0.717, 1.165) is 57.1 Å². The topological polar surface area (TPSA) is 59.1 Å². The van der Waals surface area contributed by atoms with E-state index >= 15 is 0 Å². The number of carbonyl (C=O) groups excluding carboxylic acids is 2. The summed E-state index contributed by atoms with van der Waals surface area (Å²) in [6.45, 7) is 0. The minimum absolute atomic E-state index is 0.174. The Morgan fingerprint density at radius 2 is 0.640 bits per heavy atom. The van der Waals surface area contributed by atoms with Crippen molar-refractivity contribution < 1.29 is 19.1 Å². The fraction of sp³-hybridized carbons (Fsp3) is 0. The molecule has 9 rings (SSSR count). The van der Waals surface area contributed by atoms with Crippen LogP contribution in [0, 0.1) is 0 Å². The summed E-state index contributed by atoms with van der Waals surface area (Å²) in [5.41, 5.74) is 7.09. The molecule has 238 valence electrons. The number of ether oxygens (including phenoxy) is 2. The number of anilines is 6. The number of para-hydroxylation sites is 8. The summed E-state index contributed by atoms with van der Waals surface area (Å²) in [6.07, 6.45) is 0. The number of ketones is 2. The van der Waals surface area contributed by atoms with Crippen LogP contribution in [0.25, 0.3) is 0 Å². The first-order valence-electron chi connectivity index (χ1n) is 16.3. The number of fused-ring (bicyclic) bond motifs is 4. The van der Waals surface area contributed by atoms with Crippen LogP contribution in [0.1, 0.15) is 31.8 Å². The summed E-state index contributed by atoms with van der Waals surface area (Å²) < 4.78 is 12.3. The summed E-state index contributed by atoms with van der Waals surface area (Å²) >= 11 is 0. The average molecular weight is 649 g/mol. The van der Waals surface area contributed by atoms with Gasteiger partial charge in [0.1, 0.15) is 0 Å². The van der Waals surface area contributed by atoms with Crippen LogP contribution in [0.5, 0.6) is 23.0 Å². The summed E-state index contributed by atoms with van der Waals surface area (Å²) in [5, 5.41) is 0. The van der Waals surface area contributed by atoms with E-state index < -0.39 is 0 Å². The Labute approximate surface area is 289 Å². The molecule has 7 aromatic carbocycles. The van der Waals surface area contributed by atoms with Gasteiger partial charge in [0.15, 0.2) is 34.6 Å². The van der Waals surface area contributed by atoms with E-state index in [1.165, 1.54) is 0 Å². The van der Waals surface area contributed by atoms with Crippen molar-refractivity contribution in [1.29, 1.82) is 0 Å². The summed E-state index contributed by atoms with van der Waals surface area (Å²) in [6, 6.07) is 53.4. The first-order chi connectivity index (χ1) is 24.6. The quantitative estimate of drug-likeness (QED) is 0.167. The molecule has 0 fully saturated rings. The SMILES string of the molecule is O=C(c1cccc(C(=O)c2cccc(N3c4ccccc4Oc4ccccc43)c2)c1)c1cccc(N2c3ccccc3Oc3ccccc32)c1. The zero-order valence-corrected chi connectivity index (χ0v) is 26.7. The van der Waals surface area contributed by atoms with E-state index in [1.54, 1.807) is 36.4 Å². The maximum Gasteiger partial charge on any atom is 0.193 e. The highest BCUT2D eigenvalue weighted by atomic mass is 16.5. The fourth-order valence-corrected chi connectivity index (χ4v) is 6.67. The molecular weight excluding hydrogens is 620 g/mol. The molecule has 0 N–H and O–H groups in total. The predicted molar refractivity (Wildman–Crippen MR) is 196 cm³/mol. The van der Waals surface area contributed by atoms with E-state index in [2.05, 4.69) is 9.80 Å². The third kappa shape index (κ3) is 4.98. The second-order valence-electron chi connectivity index (χ2n) is 12.1. The smallest absolute Gasteiger partial charge is 0.193 e. The fourth-order valence-electron chi connectivity index (χ4n) is 6.67. The third-order valence-electron chi connectivity index (χ3n) is 8.98. The second-order valence-corrected chi connectivity index (χ2v) is 12.1. The lowest BCUT2D eigenvalue weighted by Crippen LogP contribution is -2.16. The highest BCUT2D eigenvalue weighted by molar-refractivity contribution is 6.14. The maximum atomic E-state index is 14.0. The minimum atomic E-state index is -0.174. The van der Waals surface area contributed by atoms with Gasteiger partial charge in [-0.3, -0.25) is 9.59 Å². The molecule has 0 amide bonds. The van der Waals surface area contributed by atoms with Crippen LogP contribution in [0.3, 0.4) is 0 Å².